The van der Waals surface area contributed by atoms with Gasteiger partial charge in [-0.25, -0.2) is 4.79 Å². The number of rotatable bonds is 5. The molecule has 1 atom stereocenters. The van der Waals surface area contributed by atoms with Crippen molar-refractivity contribution in [2.75, 3.05) is 19.0 Å². The van der Waals surface area contributed by atoms with Crippen LogP contribution in [-0.2, 0) is 22.4 Å². The van der Waals surface area contributed by atoms with Gasteiger partial charge in [-0.3, -0.25) is 4.79 Å². The first-order valence-corrected chi connectivity index (χ1v) is 10.00. The van der Waals surface area contributed by atoms with E-state index >= 15 is 0 Å². The lowest BCUT2D eigenvalue weighted by Crippen LogP contribution is -2.21. The molecule has 1 aliphatic rings. The molecule has 0 radical (unpaired) electrons. The van der Waals surface area contributed by atoms with E-state index in [1.165, 1.54) is 18.4 Å². The number of nitrogens with one attached hydrogen (secondary N) is 1. The second-order valence-electron chi connectivity index (χ2n) is 6.79. The molecule has 0 saturated carbocycles. The number of anilines is 1. The van der Waals surface area contributed by atoms with Gasteiger partial charge in [0.05, 0.1) is 12.7 Å². The molecule has 144 valence electrons. The molecule has 0 aliphatic heterocycles. The maximum absolute atomic E-state index is 12.4. The van der Waals surface area contributed by atoms with Crippen LogP contribution in [0.15, 0.2) is 18.2 Å². The zero-order valence-corrected chi connectivity index (χ0v) is 17.1. The third kappa shape index (κ3) is 4.45. The van der Waals surface area contributed by atoms with Crippen molar-refractivity contribution in [1.29, 1.82) is 0 Å². The highest BCUT2D eigenvalue weighted by atomic mass is 35.5. The quantitative estimate of drug-likeness (QED) is 0.733. The highest BCUT2D eigenvalue weighted by Crippen LogP contribution is 2.40. The van der Waals surface area contributed by atoms with Crippen molar-refractivity contribution in [3.05, 3.63) is 44.8 Å². The summed E-state index contributed by atoms with van der Waals surface area (Å²) in [4.78, 5) is 25.8. The minimum absolute atomic E-state index is 0.151. The van der Waals surface area contributed by atoms with E-state index in [1.54, 1.807) is 18.2 Å². The van der Waals surface area contributed by atoms with Gasteiger partial charge < -0.3 is 14.8 Å². The molecule has 7 heteroatoms. The second-order valence-corrected chi connectivity index (χ2v) is 8.34. The number of methoxy groups -OCH3 is 1. The molecule has 1 aromatic heterocycles. The van der Waals surface area contributed by atoms with E-state index in [4.69, 9.17) is 21.1 Å². The summed E-state index contributed by atoms with van der Waals surface area (Å²) < 4.78 is 10.5. The van der Waals surface area contributed by atoms with Crippen LogP contribution in [0.4, 0.5) is 5.00 Å². The molecule has 1 N–H and O–H groups in total. The molecule has 3 rings (SSSR count). The maximum Gasteiger partial charge on any atom is 0.341 e. The Bertz CT molecular complexity index is 877. The average molecular weight is 408 g/mol. The van der Waals surface area contributed by atoms with Crippen LogP contribution in [0.1, 0.15) is 39.7 Å². The summed E-state index contributed by atoms with van der Waals surface area (Å²) in [6.45, 7) is 3.91. The zero-order chi connectivity index (χ0) is 19.6. The minimum atomic E-state index is -0.410. The Labute approximate surface area is 167 Å². The lowest BCUT2D eigenvalue weighted by molar-refractivity contribution is -0.118. The Balaban J connectivity index is 1.74. The molecule has 1 aromatic carbocycles. The van der Waals surface area contributed by atoms with Crippen molar-refractivity contribution < 1.29 is 19.1 Å². The molecule has 27 heavy (non-hydrogen) atoms. The molecule has 0 fully saturated rings. The first-order valence-electron chi connectivity index (χ1n) is 8.80. The number of amides is 1. The number of esters is 1. The summed E-state index contributed by atoms with van der Waals surface area (Å²) in [6.07, 6.45) is 2.77. The van der Waals surface area contributed by atoms with Gasteiger partial charge in [-0.05, 0) is 61.4 Å². The topological polar surface area (TPSA) is 64.6 Å². The Morgan fingerprint density at radius 3 is 2.85 bits per heavy atom. The maximum atomic E-state index is 12.4. The highest BCUT2D eigenvalue weighted by molar-refractivity contribution is 7.17. The number of aryl methyl sites for hydroxylation is 1. The summed E-state index contributed by atoms with van der Waals surface area (Å²) in [5.74, 6) is 0.441. The molecule has 5 nitrogen and oxygen atoms in total. The Morgan fingerprint density at radius 2 is 2.15 bits per heavy atom. The van der Waals surface area contributed by atoms with Crippen LogP contribution in [0.3, 0.4) is 0 Å². The normalized spacial score (nSPS) is 15.8. The first-order chi connectivity index (χ1) is 12.9. The molecule has 2 aromatic rings. The van der Waals surface area contributed by atoms with E-state index in [0.29, 0.717) is 27.3 Å². The summed E-state index contributed by atoms with van der Waals surface area (Å²) in [5.41, 5.74) is 2.35. The first kappa shape index (κ1) is 19.7. The van der Waals surface area contributed by atoms with E-state index < -0.39 is 5.97 Å². The molecule has 0 saturated heterocycles. The van der Waals surface area contributed by atoms with Crippen molar-refractivity contribution in [1.82, 2.24) is 0 Å². The van der Waals surface area contributed by atoms with Crippen molar-refractivity contribution in [2.45, 2.75) is 33.1 Å². The fraction of sp³-hybridized carbons (Fsp3) is 0.400. The van der Waals surface area contributed by atoms with Crippen LogP contribution in [0.5, 0.6) is 5.75 Å². The monoisotopic (exact) mass is 407 g/mol. The van der Waals surface area contributed by atoms with Crippen molar-refractivity contribution in [3.8, 4) is 5.75 Å². The van der Waals surface area contributed by atoms with Crippen LogP contribution < -0.4 is 10.1 Å². The summed E-state index contributed by atoms with van der Waals surface area (Å²) in [7, 11) is 1.36. The number of hydrogen-bond donors (Lipinski definition) is 1. The molecule has 0 spiro atoms. The summed E-state index contributed by atoms with van der Waals surface area (Å²) in [5, 5.41) is 3.99. The number of fused-ring (bicyclic) bond motifs is 1. The number of carbonyl (C=O) groups excluding carboxylic acids is 2. The molecular weight excluding hydrogens is 386 g/mol. The van der Waals surface area contributed by atoms with Crippen LogP contribution >= 0.6 is 22.9 Å². The number of ether oxygens (including phenoxy) is 2. The zero-order valence-electron chi connectivity index (χ0n) is 15.6. The van der Waals surface area contributed by atoms with Gasteiger partial charge in [0.1, 0.15) is 10.8 Å². The number of thiophene rings is 1. The van der Waals surface area contributed by atoms with Gasteiger partial charge in [-0.2, -0.15) is 0 Å². The SMILES string of the molecule is COC(=O)c1c(NC(=O)COc2ccc(Cl)cc2C)sc2c1CC[C@H](C)C2. The lowest BCUT2D eigenvalue weighted by Gasteiger charge is -2.18. The molecule has 1 heterocycles. The van der Waals surface area contributed by atoms with E-state index in [1.807, 2.05) is 6.92 Å². The van der Waals surface area contributed by atoms with Gasteiger partial charge in [0.25, 0.3) is 5.91 Å². The Kier molecular flexibility index (Phi) is 6.07. The summed E-state index contributed by atoms with van der Waals surface area (Å²) in [6, 6.07) is 5.22. The van der Waals surface area contributed by atoms with Gasteiger partial charge in [0.2, 0.25) is 0 Å². The van der Waals surface area contributed by atoms with Gasteiger partial charge in [-0.1, -0.05) is 18.5 Å². The number of hydrogen-bond acceptors (Lipinski definition) is 5. The lowest BCUT2D eigenvalue weighted by atomic mass is 9.88. The number of benzene rings is 1. The van der Waals surface area contributed by atoms with Crippen molar-refractivity contribution >= 4 is 39.8 Å². The molecular formula is C20H22ClNO4S. The van der Waals surface area contributed by atoms with Crippen LogP contribution in [0.25, 0.3) is 0 Å². The Hall–Kier alpha value is -2.05. The van der Waals surface area contributed by atoms with Crippen LogP contribution in [0, 0.1) is 12.8 Å². The Morgan fingerprint density at radius 1 is 1.37 bits per heavy atom. The van der Waals surface area contributed by atoms with E-state index in [0.717, 1.165) is 35.3 Å². The number of halogens is 1. The van der Waals surface area contributed by atoms with Crippen molar-refractivity contribution in [2.24, 2.45) is 5.92 Å². The van der Waals surface area contributed by atoms with Gasteiger partial charge in [0.15, 0.2) is 6.61 Å². The standard InChI is InChI=1S/C20H22ClNO4S/c1-11-4-6-14-16(8-11)27-19(18(14)20(24)25-3)22-17(23)10-26-15-7-5-13(21)9-12(15)2/h5,7,9,11H,4,6,8,10H2,1-3H3,(H,22,23)/t11-/m0/s1. The molecule has 0 bridgehead atoms. The van der Waals surface area contributed by atoms with Crippen LogP contribution in [-0.4, -0.2) is 25.6 Å². The fourth-order valence-corrected chi connectivity index (χ4v) is 4.88. The second kappa shape index (κ2) is 8.31. The predicted octanol–water partition coefficient (Wildman–Crippen LogP) is 4.64. The highest BCUT2D eigenvalue weighted by Gasteiger charge is 2.28. The third-order valence-electron chi connectivity index (χ3n) is 4.65. The molecule has 0 unspecified atom stereocenters. The molecule has 1 amide bonds. The average Bonchev–Trinajstić information content (AvgIpc) is 2.97. The third-order valence-corrected chi connectivity index (χ3v) is 6.05. The minimum Gasteiger partial charge on any atom is -0.483 e. The van der Waals surface area contributed by atoms with Gasteiger partial charge in [0, 0.05) is 9.90 Å². The smallest absolute Gasteiger partial charge is 0.341 e. The number of carbonyl (C=O) groups is 2. The summed E-state index contributed by atoms with van der Waals surface area (Å²) >= 11 is 7.39. The molecule has 1 aliphatic carbocycles. The van der Waals surface area contributed by atoms with E-state index in [-0.39, 0.29) is 12.5 Å². The van der Waals surface area contributed by atoms with Gasteiger partial charge in [-0.15, -0.1) is 11.3 Å². The fourth-order valence-electron chi connectivity index (χ4n) is 3.24. The van der Waals surface area contributed by atoms with Crippen LogP contribution in [0.2, 0.25) is 5.02 Å². The van der Waals surface area contributed by atoms with E-state index in [9.17, 15) is 9.59 Å². The van der Waals surface area contributed by atoms with E-state index in [2.05, 4.69) is 12.2 Å². The van der Waals surface area contributed by atoms with Gasteiger partial charge >= 0.3 is 5.97 Å². The largest absolute Gasteiger partial charge is 0.483 e. The predicted molar refractivity (Wildman–Crippen MR) is 107 cm³/mol. The van der Waals surface area contributed by atoms with Crippen molar-refractivity contribution in [3.63, 3.8) is 0 Å².